The minimum atomic E-state index is -0.502. The normalized spacial score (nSPS) is 22.9. The SMILES string of the molecule is CC1C[C@H](OC(=O)C2(c3ccccc3)CCCCCC2)C1CCNCC(=O)NCCCc1ccccc1. The predicted molar refractivity (Wildman–Crippen MR) is 148 cm³/mol. The Morgan fingerprint density at radius 3 is 2.27 bits per heavy atom. The lowest BCUT2D eigenvalue weighted by molar-refractivity contribution is -0.171. The molecule has 2 unspecified atom stereocenters. The van der Waals surface area contributed by atoms with Crippen molar-refractivity contribution in [1.29, 1.82) is 0 Å². The van der Waals surface area contributed by atoms with E-state index in [-0.39, 0.29) is 18.0 Å². The lowest BCUT2D eigenvalue weighted by atomic mass is 9.69. The standard InChI is InChI=1S/C32H44N2O3/c1-25-23-29(37-31(36)32(19-10-2-3-11-20-32)27-16-8-5-9-17-27)28(25)18-22-33-24-30(35)34-21-12-15-26-13-6-4-7-14-26/h4-9,13-14,16-17,25,28-29,33H,2-3,10-12,15,18-24H2,1H3,(H,34,35)/t25?,28?,29-/m0/s1. The number of amides is 1. The Labute approximate surface area is 222 Å². The summed E-state index contributed by atoms with van der Waals surface area (Å²) in [6.07, 6.45) is 10.0. The molecular weight excluding hydrogens is 460 g/mol. The van der Waals surface area contributed by atoms with E-state index < -0.39 is 5.41 Å². The monoisotopic (exact) mass is 504 g/mol. The fourth-order valence-corrected chi connectivity index (χ4v) is 6.14. The van der Waals surface area contributed by atoms with Gasteiger partial charge < -0.3 is 15.4 Å². The van der Waals surface area contributed by atoms with Crippen LogP contribution in [0.3, 0.4) is 0 Å². The Balaban J connectivity index is 1.19. The number of carbonyl (C=O) groups excluding carboxylic acids is 2. The highest BCUT2D eigenvalue weighted by Crippen LogP contribution is 2.44. The number of benzene rings is 2. The van der Waals surface area contributed by atoms with Gasteiger partial charge in [0.2, 0.25) is 5.91 Å². The van der Waals surface area contributed by atoms with Gasteiger partial charge in [-0.1, -0.05) is 93.3 Å². The summed E-state index contributed by atoms with van der Waals surface area (Å²) in [5, 5.41) is 6.29. The number of rotatable bonds is 12. The van der Waals surface area contributed by atoms with Crippen LogP contribution in [0.1, 0.15) is 75.8 Å². The molecule has 2 aromatic carbocycles. The molecule has 2 aliphatic carbocycles. The van der Waals surface area contributed by atoms with Crippen molar-refractivity contribution in [1.82, 2.24) is 10.6 Å². The molecule has 4 rings (SSSR count). The second-order valence-corrected chi connectivity index (χ2v) is 11.1. The molecule has 2 saturated carbocycles. The Kier molecular flexibility index (Phi) is 10.2. The van der Waals surface area contributed by atoms with Crippen LogP contribution in [0.15, 0.2) is 60.7 Å². The summed E-state index contributed by atoms with van der Waals surface area (Å²) in [5.74, 6) is 0.901. The topological polar surface area (TPSA) is 67.4 Å². The highest BCUT2D eigenvalue weighted by molar-refractivity contribution is 5.83. The molecule has 37 heavy (non-hydrogen) atoms. The average Bonchev–Trinajstić information content (AvgIpc) is 3.19. The number of hydrogen-bond acceptors (Lipinski definition) is 4. The molecular formula is C32H44N2O3. The zero-order valence-corrected chi connectivity index (χ0v) is 22.4. The molecule has 0 radical (unpaired) electrons. The Morgan fingerprint density at radius 2 is 1.59 bits per heavy atom. The largest absolute Gasteiger partial charge is 0.461 e. The molecule has 0 spiro atoms. The van der Waals surface area contributed by atoms with Gasteiger partial charge in [0.15, 0.2) is 0 Å². The Bertz CT molecular complexity index is 970. The van der Waals surface area contributed by atoms with Crippen molar-refractivity contribution in [3.05, 3.63) is 71.8 Å². The minimum absolute atomic E-state index is 0.0139. The molecule has 2 aliphatic rings. The van der Waals surface area contributed by atoms with E-state index in [1.165, 1.54) is 18.4 Å². The first-order valence-electron chi connectivity index (χ1n) is 14.4. The first kappa shape index (κ1) is 27.4. The fourth-order valence-electron chi connectivity index (χ4n) is 6.14. The number of esters is 1. The minimum Gasteiger partial charge on any atom is -0.461 e. The summed E-state index contributed by atoms with van der Waals surface area (Å²) in [5.41, 5.74) is 1.91. The van der Waals surface area contributed by atoms with E-state index in [2.05, 4.69) is 41.8 Å². The number of aryl methyl sites for hydroxylation is 1. The molecule has 1 amide bonds. The van der Waals surface area contributed by atoms with Crippen LogP contribution in [-0.2, 0) is 26.2 Å². The maximum Gasteiger partial charge on any atom is 0.316 e. The molecule has 5 heteroatoms. The summed E-state index contributed by atoms with van der Waals surface area (Å²) in [6, 6.07) is 20.6. The summed E-state index contributed by atoms with van der Waals surface area (Å²) in [7, 11) is 0. The fraction of sp³-hybridized carbons (Fsp3) is 0.562. The van der Waals surface area contributed by atoms with Crippen molar-refractivity contribution in [3.8, 4) is 0 Å². The highest BCUT2D eigenvalue weighted by atomic mass is 16.5. The molecule has 0 bridgehead atoms. The van der Waals surface area contributed by atoms with Gasteiger partial charge in [-0.05, 0) is 68.0 Å². The number of ether oxygens (including phenoxy) is 1. The van der Waals surface area contributed by atoms with E-state index in [0.717, 1.165) is 63.5 Å². The summed E-state index contributed by atoms with van der Waals surface area (Å²) in [6.45, 7) is 4.02. The van der Waals surface area contributed by atoms with E-state index in [1.54, 1.807) is 0 Å². The van der Waals surface area contributed by atoms with Crippen molar-refractivity contribution in [2.45, 2.75) is 82.7 Å². The second-order valence-electron chi connectivity index (χ2n) is 11.1. The van der Waals surface area contributed by atoms with Crippen molar-refractivity contribution in [3.63, 3.8) is 0 Å². The van der Waals surface area contributed by atoms with Crippen LogP contribution in [-0.4, -0.2) is 37.6 Å². The number of carbonyl (C=O) groups is 2. The van der Waals surface area contributed by atoms with Crippen LogP contribution < -0.4 is 10.6 Å². The lowest BCUT2D eigenvalue weighted by Crippen LogP contribution is -2.48. The molecule has 3 atom stereocenters. The van der Waals surface area contributed by atoms with E-state index in [0.29, 0.717) is 24.9 Å². The van der Waals surface area contributed by atoms with Gasteiger partial charge in [-0.2, -0.15) is 0 Å². The van der Waals surface area contributed by atoms with Gasteiger partial charge in [0.25, 0.3) is 0 Å². The van der Waals surface area contributed by atoms with Crippen molar-refractivity contribution in [2.75, 3.05) is 19.6 Å². The molecule has 200 valence electrons. The number of nitrogens with one attached hydrogen (secondary N) is 2. The van der Waals surface area contributed by atoms with Crippen LogP contribution in [0.25, 0.3) is 0 Å². The molecule has 2 fully saturated rings. The third-order valence-electron chi connectivity index (χ3n) is 8.49. The van der Waals surface area contributed by atoms with Crippen molar-refractivity contribution >= 4 is 11.9 Å². The molecule has 0 heterocycles. The van der Waals surface area contributed by atoms with E-state index >= 15 is 0 Å². The van der Waals surface area contributed by atoms with Crippen molar-refractivity contribution < 1.29 is 14.3 Å². The first-order chi connectivity index (χ1) is 18.1. The van der Waals surface area contributed by atoms with Crippen LogP contribution in [0.2, 0.25) is 0 Å². The van der Waals surface area contributed by atoms with Crippen LogP contribution in [0.4, 0.5) is 0 Å². The maximum absolute atomic E-state index is 13.7. The molecule has 5 nitrogen and oxygen atoms in total. The molecule has 0 saturated heterocycles. The summed E-state index contributed by atoms with van der Waals surface area (Å²) < 4.78 is 6.26. The predicted octanol–water partition coefficient (Wildman–Crippen LogP) is 5.58. The first-order valence-corrected chi connectivity index (χ1v) is 14.4. The van der Waals surface area contributed by atoms with E-state index in [4.69, 9.17) is 4.74 Å². The van der Waals surface area contributed by atoms with Gasteiger partial charge in [-0.3, -0.25) is 9.59 Å². The summed E-state index contributed by atoms with van der Waals surface area (Å²) in [4.78, 5) is 25.9. The van der Waals surface area contributed by atoms with Crippen LogP contribution in [0.5, 0.6) is 0 Å². The van der Waals surface area contributed by atoms with Gasteiger partial charge >= 0.3 is 5.97 Å². The summed E-state index contributed by atoms with van der Waals surface area (Å²) >= 11 is 0. The molecule has 0 aliphatic heterocycles. The smallest absolute Gasteiger partial charge is 0.316 e. The Hall–Kier alpha value is -2.66. The molecule has 2 N–H and O–H groups in total. The van der Waals surface area contributed by atoms with Gasteiger partial charge in [0.05, 0.1) is 12.0 Å². The van der Waals surface area contributed by atoms with Gasteiger partial charge in [0, 0.05) is 6.54 Å². The second kappa shape index (κ2) is 13.8. The average molecular weight is 505 g/mol. The highest BCUT2D eigenvalue weighted by Gasteiger charge is 2.46. The van der Waals surface area contributed by atoms with Crippen molar-refractivity contribution in [2.24, 2.45) is 11.8 Å². The van der Waals surface area contributed by atoms with Crippen LogP contribution in [0, 0.1) is 11.8 Å². The van der Waals surface area contributed by atoms with E-state index in [9.17, 15) is 9.59 Å². The quantitative estimate of drug-likeness (QED) is 0.225. The van der Waals surface area contributed by atoms with Crippen LogP contribution >= 0.6 is 0 Å². The zero-order valence-electron chi connectivity index (χ0n) is 22.4. The van der Waals surface area contributed by atoms with E-state index in [1.807, 2.05) is 36.4 Å². The molecule has 0 aromatic heterocycles. The zero-order chi connectivity index (χ0) is 25.9. The Morgan fingerprint density at radius 1 is 0.919 bits per heavy atom. The maximum atomic E-state index is 13.7. The third kappa shape index (κ3) is 7.44. The lowest BCUT2D eigenvalue weighted by Gasteiger charge is -2.44. The third-order valence-corrected chi connectivity index (χ3v) is 8.49. The van der Waals surface area contributed by atoms with Gasteiger partial charge in [0.1, 0.15) is 6.10 Å². The number of hydrogen-bond donors (Lipinski definition) is 2. The van der Waals surface area contributed by atoms with Gasteiger partial charge in [-0.25, -0.2) is 0 Å². The molecule has 2 aromatic rings. The van der Waals surface area contributed by atoms with Gasteiger partial charge in [-0.15, -0.1) is 0 Å².